The van der Waals surface area contributed by atoms with E-state index in [1.54, 1.807) is 25.1 Å². The Hall–Kier alpha value is -1.89. The van der Waals surface area contributed by atoms with Gasteiger partial charge >= 0.3 is 0 Å². The Kier molecular flexibility index (Phi) is 4.39. The van der Waals surface area contributed by atoms with Crippen LogP contribution in [-0.4, -0.2) is 30.9 Å². The van der Waals surface area contributed by atoms with Gasteiger partial charge in [0.1, 0.15) is 0 Å². The predicted octanol–water partition coefficient (Wildman–Crippen LogP) is 3.19. The van der Waals surface area contributed by atoms with E-state index in [4.69, 9.17) is 4.52 Å². The average molecular weight is 335 g/mol. The number of nitrogens with zero attached hydrogens (tertiary/aromatic N) is 2. The molecular formula is C16H21N3O3S. The molecule has 0 atom stereocenters. The van der Waals surface area contributed by atoms with Gasteiger partial charge in [-0.25, -0.2) is 8.42 Å². The van der Waals surface area contributed by atoms with Crippen LogP contribution in [0, 0.1) is 6.92 Å². The van der Waals surface area contributed by atoms with Gasteiger partial charge < -0.3 is 9.84 Å². The average Bonchev–Trinajstić information content (AvgIpc) is 2.94. The Bertz CT molecular complexity index is 793. The van der Waals surface area contributed by atoms with Gasteiger partial charge in [0.2, 0.25) is 11.7 Å². The summed E-state index contributed by atoms with van der Waals surface area (Å²) < 4.78 is 28.7. The molecule has 1 aliphatic rings. The number of anilines is 1. The number of aryl methyl sites for hydroxylation is 1. The highest BCUT2D eigenvalue weighted by atomic mass is 32.2. The zero-order valence-corrected chi connectivity index (χ0v) is 14.2. The van der Waals surface area contributed by atoms with Crippen molar-refractivity contribution in [1.29, 1.82) is 0 Å². The predicted molar refractivity (Wildman–Crippen MR) is 88.1 cm³/mol. The minimum absolute atomic E-state index is 0.254. The molecule has 1 N–H and O–H groups in total. The number of aromatic nitrogens is 2. The highest BCUT2D eigenvalue weighted by molar-refractivity contribution is 7.90. The quantitative estimate of drug-likeness (QED) is 0.923. The molecule has 0 bridgehead atoms. The summed E-state index contributed by atoms with van der Waals surface area (Å²) in [6.07, 6.45) is 7.16. The molecule has 124 valence electrons. The van der Waals surface area contributed by atoms with E-state index < -0.39 is 9.84 Å². The molecule has 23 heavy (non-hydrogen) atoms. The Labute approximate surface area is 136 Å². The fourth-order valence-corrected chi connectivity index (χ4v) is 3.59. The van der Waals surface area contributed by atoms with E-state index in [2.05, 4.69) is 15.5 Å². The van der Waals surface area contributed by atoms with Crippen LogP contribution in [0.25, 0.3) is 11.4 Å². The third kappa shape index (κ3) is 3.72. The van der Waals surface area contributed by atoms with Gasteiger partial charge in [0.15, 0.2) is 9.84 Å². The van der Waals surface area contributed by atoms with E-state index >= 15 is 0 Å². The first-order valence-electron chi connectivity index (χ1n) is 7.85. The second-order valence-electron chi connectivity index (χ2n) is 6.10. The molecule has 1 aromatic heterocycles. The summed E-state index contributed by atoms with van der Waals surface area (Å²) >= 11 is 0. The summed E-state index contributed by atoms with van der Waals surface area (Å²) in [7, 11) is -3.29. The summed E-state index contributed by atoms with van der Waals surface area (Å²) in [5.74, 6) is 0.861. The van der Waals surface area contributed by atoms with Crippen molar-refractivity contribution < 1.29 is 12.9 Å². The Morgan fingerprint density at radius 1 is 1.22 bits per heavy atom. The van der Waals surface area contributed by atoms with Crippen molar-refractivity contribution in [2.24, 2.45) is 0 Å². The molecule has 1 fully saturated rings. The van der Waals surface area contributed by atoms with Crippen molar-refractivity contribution in [3.05, 3.63) is 24.1 Å². The van der Waals surface area contributed by atoms with Gasteiger partial charge in [-0.05, 0) is 31.0 Å². The number of hydrogen-bond donors (Lipinski definition) is 1. The summed E-state index contributed by atoms with van der Waals surface area (Å²) in [5.41, 5.74) is 1.51. The number of sulfone groups is 1. The van der Waals surface area contributed by atoms with E-state index in [0.29, 0.717) is 23.3 Å². The first-order valence-corrected chi connectivity index (χ1v) is 9.74. The molecule has 1 aliphatic carbocycles. The molecular weight excluding hydrogens is 314 g/mol. The minimum Gasteiger partial charge on any atom is -0.382 e. The minimum atomic E-state index is -3.29. The van der Waals surface area contributed by atoms with Crippen LogP contribution in [0.15, 0.2) is 27.6 Å². The zero-order chi connectivity index (χ0) is 16.4. The number of benzene rings is 1. The van der Waals surface area contributed by atoms with E-state index in [1.165, 1.54) is 25.5 Å². The second-order valence-corrected chi connectivity index (χ2v) is 8.11. The van der Waals surface area contributed by atoms with E-state index in [9.17, 15) is 8.42 Å². The van der Waals surface area contributed by atoms with Crippen LogP contribution in [0.4, 0.5) is 5.69 Å². The molecule has 6 nitrogen and oxygen atoms in total. The fraction of sp³-hybridized carbons (Fsp3) is 0.500. The van der Waals surface area contributed by atoms with E-state index in [0.717, 1.165) is 18.5 Å². The molecule has 0 unspecified atom stereocenters. The van der Waals surface area contributed by atoms with Crippen LogP contribution < -0.4 is 5.32 Å². The molecule has 3 rings (SSSR count). The highest BCUT2D eigenvalue weighted by Crippen LogP contribution is 2.31. The fourth-order valence-electron chi connectivity index (χ4n) is 2.94. The number of hydrogen-bond acceptors (Lipinski definition) is 6. The SMILES string of the molecule is Cc1nc(-c2cc(S(C)(=O)=O)ccc2NC2CCCCC2)no1. The maximum absolute atomic E-state index is 11.8. The summed E-state index contributed by atoms with van der Waals surface area (Å²) in [6, 6.07) is 5.44. The van der Waals surface area contributed by atoms with Crippen molar-refractivity contribution in [2.75, 3.05) is 11.6 Å². The third-order valence-electron chi connectivity index (χ3n) is 4.15. The normalized spacial score (nSPS) is 16.4. The van der Waals surface area contributed by atoms with Crippen LogP contribution in [0.3, 0.4) is 0 Å². The van der Waals surface area contributed by atoms with Crippen molar-refractivity contribution >= 4 is 15.5 Å². The van der Waals surface area contributed by atoms with E-state index in [1.807, 2.05) is 0 Å². The van der Waals surface area contributed by atoms with Crippen molar-refractivity contribution in [2.45, 2.75) is 50.0 Å². The van der Waals surface area contributed by atoms with Gasteiger partial charge in [-0.2, -0.15) is 4.98 Å². The lowest BCUT2D eigenvalue weighted by atomic mass is 9.95. The molecule has 1 saturated carbocycles. The van der Waals surface area contributed by atoms with Crippen molar-refractivity contribution in [3.63, 3.8) is 0 Å². The topological polar surface area (TPSA) is 85.1 Å². The highest BCUT2D eigenvalue weighted by Gasteiger charge is 2.19. The lowest BCUT2D eigenvalue weighted by molar-refractivity contribution is 0.394. The second kappa shape index (κ2) is 6.31. The smallest absolute Gasteiger partial charge is 0.223 e. The molecule has 0 spiro atoms. The molecule has 7 heteroatoms. The molecule has 1 aromatic carbocycles. The molecule has 0 aliphatic heterocycles. The maximum Gasteiger partial charge on any atom is 0.223 e. The summed E-state index contributed by atoms with van der Waals surface area (Å²) in [5, 5.41) is 7.46. The molecule has 0 amide bonds. The molecule has 1 heterocycles. The molecule has 0 radical (unpaired) electrons. The van der Waals surface area contributed by atoms with Gasteiger partial charge in [0, 0.05) is 30.5 Å². The van der Waals surface area contributed by atoms with Gasteiger partial charge in [-0.3, -0.25) is 0 Å². The first-order chi connectivity index (χ1) is 10.9. The van der Waals surface area contributed by atoms with E-state index in [-0.39, 0.29) is 4.90 Å². The van der Waals surface area contributed by atoms with Crippen LogP contribution in [0.5, 0.6) is 0 Å². The van der Waals surface area contributed by atoms with Crippen LogP contribution in [0.1, 0.15) is 38.0 Å². The largest absolute Gasteiger partial charge is 0.382 e. The Morgan fingerprint density at radius 2 is 1.96 bits per heavy atom. The first kappa shape index (κ1) is 16.0. The third-order valence-corrected chi connectivity index (χ3v) is 5.26. The monoisotopic (exact) mass is 335 g/mol. The maximum atomic E-state index is 11.8. The van der Waals surface area contributed by atoms with Gasteiger partial charge in [0.25, 0.3) is 0 Å². The number of rotatable bonds is 4. The lowest BCUT2D eigenvalue weighted by Gasteiger charge is -2.25. The van der Waals surface area contributed by atoms with Crippen LogP contribution in [-0.2, 0) is 9.84 Å². The van der Waals surface area contributed by atoms with Gasteiger partial charge in [0.05, 0.1) is 4.90 Å². The summed E-state index contributed by atoms with van der Waals surface area (Å²) in [4.78, 5) is 4.50. The lowest BCUT2D eigenvalue weighted by Crippen LogP contribution is -2.22. The Balaban J connectivity index is 2.00. The zero-order valence-electron chi connectivity index (χ0n) is 13.4. The molecule has 2 aromatic rings. The van der Waals surface area contributed by atoms with Gasteiger partial charge in [-0.1, -0.05) is 24.4 Å². The Morgan fingerprint density at radius 3 is 2.57 bits per heavy atom. The van der Waals surface area contributed by atoms with Crippen LogP contribution in [0.2, 0.25) is 0 Å². The van der Waals surface area contributed by atoms with Crippen molar-refractivity contribution in [1.82, 2.24) is 10.1 Å². The summed E-state index contributed by atoms with van der Waals surface area (Å²) in [6.45, 7) is 1.71. The molecule has 0 saturated heterocycles. The van der Waals surface area contributed by atoms with Crippen LogP contribution >= 0.6 is 0 Å². The van der Waals surface area contributed by atoms with Gasteiger partial charge in [-0.15, -0.1) is 0 Å². The standard InChI is InChI=1S/C16H21N3O3S/c1-11-17-16(19-22-11)14-10-13(23(2,20)21)8-9-15(14)18-12-6-4-3-5-7-12/h8-10,12,18H,3-7H2,1-2H3. The number of nitrogens with one attached hydrogen (secondary N) is 1. The van der Waals surface area contributed by atoms with Crippen molar-refractivity contribution in [3.8, 4) is 11.4 Å².